The van der Waals surface area contributed by atoms with Gasteiger partial charge in [0.1, 0.15) is 11.8 Å². The van der Waals surface area contributed by atoms with Gasteiger partial charge in [0, 0.05) is 13.1 Å². The van der Waals surface area contributed by atoms with Crippen molar-refractivity contribution in [2.75, 3.05) is 20.2 Å². The summed E-state index contributed by atoms with van der Waals surface area (Å²) in [5.41, 5.74) is 0.630. The summed E-state index contributed by atoms with van der Waals surface area (Å²) in [6.45, 7) is 1.32. The lowest BCUT2D eigenvalue weighted by Crippen LogP contribution is -2.44. The van der Waals surface area contributed by atoms with E-state index in [2.05, 4.69) is 4.72 Å². The second kappa shape index (κ2) is 8.54. The summed E-state index contributed by atoms with van der Waals surface area (Å²) in [5.74, 6) is 0.357. The Labute approximate surface area is 160 Å². The predicted molar refractivity (Wildman–Crippen MR) is 103 cm³/mol. The molecule has 1 aliphatic heterocycles. The van der Waals surface area contributed by atoms with Crippen LogP contribution >= 0.6 is 0 Å². The largest absolute Gasteiger partial charge is 0.497 e. The lowest BCUT2D eigenvalue weighted by atomic mass is 10.0. The van der Waals surface area contributed by atoms with Gasteiger partial charge in [-0.05, 0) is 49.1 Å². The third-order valence-corrected chi connectivity index (χ3v) is 6.13. The number of rotatable bonds is 6. The molecule has 0 radical (unpaired) electrons. The Kier molecular flexibility index (Phi) is 6.13. The first-order chi connectivity index (χ1) is 13.0. The fraction of sp³-hybridized carbons (Fsp3) is 0.350. The number of amides is 1. The molecule has 0 bridgehead atoms. The summed E-state index contributed by atoms with van der Waals surface area (Å²) in [6, 6.07) is 14.1. The summed E-state index contributed by atoms with van der Waals surface area (Å²) in [6.07, 6.45) is 2.98. The van der Waals surface area contributed by atoms with Crippen LogP contribution in [0, 0.1) is 0 Å². The lowest BCUT2D eigenvalue weighted by molar-refractivity contribution is -0.134. The summed E-state index contributed by atoms with van der Waals surface area (Å²) in [5, 5.41) is 0. The fourth-order valence-electron chi connectivity index (χ4n) is 3.18. The normalized spacial score (nSPS) is 16.0. The van der Waals surface area contributed by atoms with Crippen LogP contribution in [0.25, 0.3) is 0 Å². The van der Waals surface area contributed by atoms with E-state index in [0.29, 0.717) is 24.4 Å². The number of hydrogen-bond acceptors (Lipinski definition) is 4. The summed E-state index contributed by atoms with van der Waals surface area (Å²) in [7, 11) is -2.35. The number of likely N-dealkylation sites (tertiary alicyclic amines) is 1. The van der Waals surface area contributed by atoms with E-state index < -0.39 is 16.1 Å². The van der Waals surface area contributed by atoms with Crippen LogP contribution in [0.15, 0.2) is 59.5 Å². The molecule has 2 aromatic carbocycles. The van der Waals surface area contributed by atoms with Crippen molar-refractivity contribution in [2.24, 2.45) is 0 Å². The van der Waals surface area contributed by atoms with E-state index in [1.165, 1.54) is 19.2 Å². The maximum atomic E-state index is 13.1. The Morgan fingerprint density at radius 3 is 2.22 bits per heavy atom. The van der Waals surface area contributed by atoms with Gasteiger partial charge < -0.3 is 9.64 Å². The predicted octanol–water partition coefficient (Wildman–Crippen LogP) is 2.73. The smallest absolute Gasteiger partial charge is 0.245 e. The number of methoxy groups -OCH3 is 1. The molecule has 0 aromatic heterocycles. The number of benzene rings is 2. The van der Waals surface area contributed by atoms with Crippen molar-refractivity contribution >= 4 is 15.9 Å². The highest BCUT2D eigenvalue weighted by atomic mass is 32.2. The van der Waals surface area contributed by atoms with E-state index in [-0.39, 0.29) is 10.8 Å². The molecule has 1 aliphatic rings. The first-order valence-corrected chi connectivity index (χ1v) is 10.5. The molecule has 27 heavy (non-hydrogen) atoms. The monoisotopic (exact) mass is 388 g/mol. The van der Waals surface area contributed by atoms with Crippen molar-refractivity contribution in [3.05, 3.63) is 60.2 Å². The number of carbonyl (C=O) groups excluding carboxylic acids is 1. The van der Waals surface area contributed by atoms with Crippen LogP contribution in [0.3, 0.4) is 0 Å². The Hall–Kier alpha value is -2.38. The molecule has 0 spiro atoms. The van der Waals surface area contributed by atoms with Gasteiger partial charge in [0.25, 0.3) is 0 Å². The highest BCUT2D eigenvalue weighted by Gasteiger charge is 2.31. The zero-order chi connectivity index (χ0) is 19.3. The van der Waals surface area contributed by atoms with Gasteiger partial charge in [0.2, 0.25) is 15.9 Å². The van der Waals surface area contributed by atoms with E-state index in [1.54, 1.807) is 41.3 Å². The molecule has 1 N–H and O–H groups in total. The zero-order valence-electron chi connectivity index (χ0n) is 15.3. The molecule has 0 aliphatic carbocycles. The van der Waals surface area contributed by atoms with Crippen LogP contribution in [0.1, 0.15) is 30.9 Å². The molecule has 6 nitrogen and oxygen atoms in total. The van der Waals surface area contributed by atoms with Gasteiger partial charge in [-0.15, -0.1) is 0 Å². The van der Waals surface area contributed by atoms with E-state index in [9.17, 15) is 13.2 Å². The maximum Gasteiger partial charge on any atom is 0.245 e. The fourth-order valence-corrected chi connectivity index (χ4v) is 4.36. The third-order valence-electron chi connectivity index (χ3n) is 4.69. The molecular formula is C20H24N2O4S. The summed E-state index contributed by atoms with van der Waals surface area (Å²) < 4.78 is 33.4. The van der Waals surface area contributed by atoms with Gasteiger partial charge in [-0.25, -0.2) is 8.42 Å². The van der Waals surface area contributed by atoms with Gasteiger partial charge in [-0.1, -0.05) is 30.3 Å². The molecular weight excluding hydrogens is 364 g/mol. The second-order valence-corrected chi connectivity index (χ2v) is 8.24. The summed E-state index contributed by atoms with van der Waals surface area (Å²) >= 11 is 0. The van der Waals surface area contributed by atoms with Crippen molar-refractivity contribution in [3.63, 3.8) is 0 Å². The quantitative estimate of drug-likeness (QED) is 0.826. The minimum Gasteiger partial charge on any atom is -0.497 e. The van der Waals surface area contributed by atoms with E-state index >= 15 is 0 Å². The van der Waals surface area contributed by atoms with Crippen LogP contribution < -0.4 is 9.46 Å². The first-order valence-electron chi connectivity index (χ1n) is 9.01. The SMILES string of the molecule is COc1ccc(S(=O)(=O)N[C@H](C(=O)N2CCCCC2)c2ccccc2)cc1. The average Bonchev–Trinajstić information content (AvgIpc) is 2.73. The number of nitrogens with one attached hydrogen (secondary N) is 1. The molecule has 1 fully saturated rings. The first kappa shape index (κ1) is 19.4. The van der Waals surface area contributed by atoms with Crippen LogP contribution in [-0.2, 0) is 14.8 Å². The second-order valence-electron chi connectivity index (χ2n) is 6.53. The number of carbonyl (C=O) groups is 1. The van der Waals surface area contributed by atoms with Crippen LogP contribution in [0.5, 0.6) is 5.75 Å². The highest BCUT2D eigenvalue weighted by Crippen LogP contribution is 2.23. The van der Waals surface area contributed by atoms with Crippen molar-refractivity contribution in [2.45, 2.75) is 30.2 Å². The molecule has 1 atom stereocenters. The van der Waals surface area contributed by atoms with E-state index in [4.69, 9.17) is 4.74 Å². The molecule has 1 heterocycles. The Balaban J connectivity index is 1.89. The van der Waals surface area contributed by atoms with Crippen LogP contribution in [0.4, 0.5) is 0 Å². The van der Waals surface area contributed by atoms with Crippen LogP contribution in [-0.4, -0.2) is 39.4 Å². The number of nitrogens with zero attached hydrogens (tertiary/aromatic N) is 1. The Bertz CT molecular complexity index is 861. The standard InChI is InChI=1S/C20H24N2O4S/c1-26-17-10-12-18(13-11-17)27(24,25)21-19(16-8-4-2-5-9-16)20(23)22-14-6-3-7-15-22/h2,4-5,8-13,19,21H,3,6-7,14-15H2,1H3/t19-/m0/s1. The molecule has 3 rings (SSSR count). The third kappa shape index (κ3) is 4.67. The Morgan fingerprint density at radius 1 is 1.00 bits per heavy atom. The maximum absolute atomic E-state index is 13.1. The number of sulfonamides is 1. The molecule has 1 saturated heterocycles. The number of ether oxygens (including phenoxy) is 1. The molecule has 1 amide bonds. The molecule has 7 heteroatoms. The van der Waals surface area contributed by atoms with Crippen LogP contribution in [0.2, 0.25) is 0 Å². The van der Waals surface area contributed by atoms with Crippen molar-refractivity contribution in [3.8, 4) is 5.75 Å². The number of piperidine rings is 1. The van der Waals surface area contributed by atoms with Gasteiger partial charge in [-0.2, -0.15) is 4.72 Å². The topological polar surface area (TPSA) is 75.7 Å². The molecule has 0 unspecified atom stereocenters. The highest BCUT2D eigenvalue weighted by molar-refractivity contribution is 7.89. The summed E-state index contributed by atoms with van der Waals surface area (Å²) in [4.78, 5) is 14.9. The molecule has 2 aromatic rings. The number of hydrogen-bond donors (Lipinski definition) is 1. The van der Waals surface area contributed by atoms with Gasteiger partial charge in [-0.3, -0.25) is 4.79 Å². The van der Waals surface area contributed by atoms with Gasteiger partial charge in [0.15, 0.2) is 0 Å². The zero-order valence-corrected chi connectivity index (χ0v) is 16.1. The minimum atomic E-state index is -3.87. The molecule has 144 valence electrons. The van der Waals surface area contributed by atoms with Gasteiger partial charge >= 0.3 is 0 Å². The van der Waals surface area contributed by atoms with E-state index in [0.717, 1.165) is 19.3 Å². The van der Waals surface area contributed by atoms with Crippen molar-refractivity contribution < 1.29 is 17.9 Å². The minimum absolute atomic E-state index is 0.0932. The van der Waals surface area contributed by atoms with Gasteiger partial charge in [0.05, 0.1) is 12.0 Å². The van der Waals surface area contributed by atoms with E-state index in [1.807, 2.05) is 6.07 Å². The molecule has 0 saturated carbocycles. The average molecular weight is 388 g/mol. The Morgan fingerprint density at radius 2 is 1.63 bits per heavy atom. The van der Waals surface area contributed by atoms with Crippen molar-refractivity contribution in [1.82, 2.24) is 9.62 Å². The van der Waals surface area contributed by atoms with Crippen molar-refractivity contribution in [1.29, 1.82) is 0 Å². The lowest BCUT2D eigenvalue weighted by Gasteiger charge is -2.31.